The SMILES string of the molecule is O=C(CSc1ccncc1)N(Cc1ccccc1)Cc1ccc2c(c1)OCCO2. The highest BCUT2D eigenvalue weighted by atomic mass is 32.2. The molecule has 0 N–H and O–H groups in total. The Kier molecular flexibility index (Phi) is 6.32. The topological polar surface area (TPSA) is 51.7 Å². The highest BCUT2D eigenvalue weighted by Gasteiger charge is 2.17. The molecular weight excluding hydrogens is 384 g/mol. The molecule has 0 radical (unpaired) electrons. The van der Waals surface area contributed by atoms with Gasteiger partial charge in [0.15, 0.2) is 11.5 Å². The van der Waals surface area contributed by atoms with Crippen LogP contribution in [-0.2, 0) is 17.9 Å². The average molecular weight is 407 g/mol. The van der Waals surface area contributed by atoms with Crippen LogP contribution in [0.4, 0.5) is 0 Å². The molecule has 2 aromatic carbocycles. The lowest BCUT2D eigenvalue weighted by Crippen LogP contribution is -2.31. The number of thioether (sulfide) groups is 1. The number of carbonyl (C=O) groups is 1. The van der Waals surface area contributed by atoms with Gasteiger partial charge in [-0.1, -0.05) is 36.4 Å². The largest absolute Gasteiger partial charge is 0.486 e. The molecule has 1 amide bonds. The lowest BCUT2D eigenvalue weighted by molar-refractivity contribution is -0.129. The lowest BCUT2D eigenvalue weighted by atomic mass is 10.1. The quantitative estimate of drug-likeness (QED) is 0.551. The van der Waals surface area contributed by atoms with Crippen molar-refractivity contribution in [2.24, 2.45) is 0 Å². The highest BCUT2D eigenvalue weighted by Crippen LogP contribution is 2.31. The summed E-state index contributed by atoms with van der Waals surface area (Å²) in [6, 6.07) is 19.8. The second-order valence-electron chi connectivity index (χ2n) is 6.69. The van der Waals surface area contributed by atoms with Gasteiger partial charge in [-0.2, -0.15) is 0 Å². The smallest absolute Gasteiger partial charge is 0.233 e. The first-order chi connectivity index (χ1) is 14.3. The molecule has 1 aromatic heterocycles. The van der Waals surface area contributed by atoms with E-state index >= 15 is 0 Å². The number of ether oxygens (including phenoxy) is 2. The fraction of sp³-hybridized carbons (Fsp3) is 0.217. The van der Waals surface area contributed by atoms with Crippen molar-refractivity contribution in [2.45, 2.75) is 18.0 Å². The fourth-order valence-corrected chi connectivity index (χ4v) is 3.90. The van der Waals surface area contributed by atoms with E-state index in [0.717, 1.165) is 27.5 Å². The molecule has 0 saturated carbocycles. The normalized spacial score (nSPS) is 12.4. The molecule has 5 nitrogen and oxygen atoms in total. The van der Waals surface area contributed by atoms with Gasteiger partial charge in [0.25, 0.3) is 0 Å². The van der Waals surface area contributed by atoms with Crippen molar-refractivity contribution >= 4 is 17.7 Å². The minimum atomic E-state index is 0.0885. The zero-order valence-electron chi connectivity index (χ0n) is 16.0. The summed E-state index contributed by atoms with van der Waals surface area (Å²) in [4.78, 5) is 20.0. The van der Waals surface area contributed by atoms with Gasteiger partial charge in [-0.3, -0.25) is 9.78 Å². The van der Waals surface area contributed by atoms with E-state index in [-0.39, 0.29) is 5.91 Å². The summed E-state index contributed by atoms with van der Waals surface area (Å²) in [5, 5.41) is 0. The zero-order valence-corrected chi connectivity index (χ0v) is 16.8. The summed E-state index contributed by atoms with van der Waals surface area (Å²) in [6.45, 7) is 2.19. The molecule has 148 valence electrons. The van der Waals surface area contributed by atoms with Crippen LogP contribution in [0.2, 0.25) is 0 Å². The van der Waals surface area contributed by atoms with E-state index in [1.165, 1.54) is 11.8 Å². The Morgan fingerprint density at radius 3 is 2.41 bits per heavy atom. The number of pyridine rings is 1. The summed E-state index contributed by atoms with van der Waals surface area (Å²) in [7, 11) is 0. The van der Waals surface area contributed by atoms with E-state index in [0.29, 0.717) is 32.1 Å². The van der Waals surface area contributed by atoms with Crippen LogP contribution in [-0.4, -0.2) is 34.8 Å². The van der Waals surface area contributed by atoms with E-state index < -0.39 is 0 Å². The second kappa shape index (κ2) is 9.47. The molecule has 4 rings (SSSR count). The fourth-order valence-electron chi connectivity index (χ4n) is 3.11. The van der Waals surface area contributed by atoms with Gasteiger partial charge in [0.05, 0.1) is 5.75 Å². The van der Waals surface area contributed by atoms with Crippen molar-refractivity contribution in [3.05, 3.63) is 84.2 Å². The van der Waals surface area contributed by atoms with Gasteiger partial charge in [0.2, 0.25) is 5.91 Å². The van der Waals surface area contributed by atoms with Crippen molar-refractivity contribution in [1.29, 1.82) is 0 Å². The molecule has 0 spiro atoms. The number of hydrogen-bond acceptors (Lipinski definition) is 5. The number of amides is 1. The van der Waals surface area contributed by atoms with Crippen LogP contribution in [0.3, 0.4) is 0 Å². The van der Waals surface area contributed by atoms with Crippen LogP contribution < -0.4 is 9.47 Å². The number of hydrogen-bond donors (Lipinski definition) is 0. The summed E-state index contributed by atoms with van der Waals surface area (Å²) >= 11 is 1.52. The van der Waals surface area contributed by atoms with Gasteiger partial charge >= 0.3 is 0 Å². The van der Waals surface area contributed by atoms with Gasteiger partial charge in [0.1, 0.15) is 13.2 Å². The number of rotatable bonds is 7. The third kappa shape index (κ3) is 5.29. The van der Waals surface area contributed by atoms with Crippen LogP contribution in [0.25, 0.3) is 0 Å². The molecule has 0 bridgehead atoms. The molecule has 0 unspecified atom stereocenters. The van der Waals surface area contributed by atoms with Crippen molar-refractivity contribution in [3.8, 4) is 11.5 Å². The maximum atomic E-state index is 13.0. The summed E-state index contributed by atoms with van der Waals surface area (Å²) < 4.78 is 11.3. The summed E-state index contributed by atoms with van der Waals surface area (Å²) in [5.41, 5.74) is 2.12. The molecule has 1 aliphatic heterocycles. The number of nitrogens with zero attached hydrogens (tertiary/aromatic N) is 2. The monoisotopic (exact) mass is 406 g/mol. The standard InChI is InChI=1S/C23H22N2O3S/c26-23(17-29-20-8-10-24-11-9-20)25(15-18-4-2-1-3-5-18)16-19-6-7-21-22(14-19)28-13-12-27-21/h1-11,14H,12-13,15-17H2. The minimum Gasteiger partial charge on any atom is -0.486 e. The zero-order chi connectivity index (χ0) is 19.9. The van der Waals surface area contributed by atoms with Gasteiger partial charge < -0.3 is 14.4 Å². The van der Waals surface area contributed by atoms with Crippen LogP contribution in [0.1, 0.15) is 11.1 Å². The molecular formula is C23H22N2O3S. The predicted octanol–water partition coefficient (Wildman–Crippen LogP) is 4.17. The summed E-state index contributed by atoms with van der Waals surface area (Å²) in [5.74, 6) is 1.97. The molecule has 1 aliphatic rings. The predicted molar refractivity (Wildman–Crippen MR) is 113 cm³/mol. The third-order valence-corrected chi connectivity index (χ3v) is 5.56. The molecule has 0 aliphatic carbocycles. The van der Waals surface area contributed by atoms with Crippen LogP contribution >= 0.6 is 11.8 Å². The van der Waals surface area contributed by atoms with E-state index in [9.17, 15) is 4.79 Å². The first kappa shape index (κ1) is 19.3. The van der Waals surface area contributed by atoms with Crippen LogP contribution in [0.5, 0.6) is 11.5 Å². The molecule has 0 atom stereocenters. The molecule has 0 saturated heterocycles. The van der Waals surface area contributed by atoms with E-state index in [2.05, 4.69) is 4.98 Å². The number of benzene rings is 2. The molecule has 29 heavy (non-hydrogen) atoms. The van der Waals surface area contributed by atoms with Crippen molar-refractivity contribution in [3.63, 3.8) is 0 Å². The minimum absolute atomic E-state index is 0.0885. The van der Waals surface area contributed by atoms with Gasteiger partial charge in [0, 0.05) is 30.4 Å². The van der Waals surface area contributed by atoms with Crippen molar-refractivity contribution in [1.82, 2.24) is 9.88 Å². The highest BCUT2D eigenvalue weighted by molar-refractivity contribution is 8.00. The van der Waals surface area contributed by atoms with Gasteiger partial charge in [-0.15, -0.1) is 11.8 Å². The maximum absolute atomic E-state index is 13.0. The average Bonchev–Trinajstić information content (AvgIpc) is 2.78. The number of fused-ring (bicyclic) bond motifs is 1. The van der Waals surface area contributed by atoms with E-state index in [4.69, 9.17) is 9.47 Å². The second-order valence-corrected chi connectivity index (χ2v) is 7.73. The molecule has 3 aromatic rings. The van der Waals surface area contributed by atoms with E-state index in [1.54, 1.807) is 12.4 Å². The number of carbonyl (C=O) groups excluding carboxylic acids is 1. The maximum Gasteiger partial charge on any atom is 0.233 e. The first-order valence-corrected chi connectivity index (χ1v) is 10.5. The summed E-state index contributed by atoms with van der Waals surface area (Å²) in [6.07, 6.45) is 3.48. The van der Waals surface area contributed by atoms with Gasteiger partial charge in [-0.05, 0) is 35.4 Å². The lowest BCUT2D eigenvalue weighted by Gasteiger charge is -2.24. The Balaban J connectivity index is 1.49. The third-order valence-electron chi connectivity index (χ3n) is 4.56. The first-order valence-electron chi connectivity index (χ1n) is 9.51. The van der Waals surface area contributed by atoms with Crippen molar-refractivity contribution in [2.75, 3.05) is 19.0 Å². The Morgan fingerprint density at radius 2 is 1.62 bits per heavy atom. The Labute approximate surface area is 174 Å². The Morgan fingerprint density at radius 1 is 0.897 bits per heavy atom. The number of aromatic nitrogens is 1. The molecule has 0 fully saturated rings. The van der Waals surface area contributed by atoms with E-state index in [1.807, 2.05) is 65.6 Å². The Bertz CT molecular complexity index is 951. The molecule has 6 heteroatoms. The van der Waals surface area contributed by atoms with Crippen LogP contribution in [0, 0.1) is 0 Å². The van der Waals surface area contributed by atoms with Crippen LogP contribution in [0.15, 0.2) is 78.0 Å². The molecule has 2 heterocycles. The van der Waals surface area contributed by atoms with Crippen molar-refractivity contribution < 1.29 is 14.3 Å². The van der Waals surface area contributed by atoms with Gasteiger partial charge in [-0.25, -0.2) is 0 Å². The Hall–Kier alpha value is -2.99.